The number of phenols is 1. The molecule has 4 heteroatoms. The van der Waals surface area contributed by atoms with Crippen LogP contribution in [0.2, 0.25) is 0 Å². The Labute approximate surface area is 235 Å². The zero-order valence-electron chi connectivity index (χ0n) is 23.3. The van der Waals surface area contributed by atoms with Crippen molar-refractivity contribution >= 4 is 11.0 Å². The molecule has 0 radical (unpaired) electrons. The molecule has 0 atom stereocenters. The van der Waals surface area contributed by atoms with Gasteiger partial charge >= 0.3 is 0 Å². The van der Waals surface area contributed by atoms with E-state index in [1.54, 1.807) is 6.07 Å². The van der Waals surface area contributed by atoms with Gasteiger partial charge in [0, 0.05) is 22.0 Å². The molecule has 40 heavy (non-hydrogen) atoms. The molecule has 0 fully saturated rings. The predicted octanol–water partition coefficient (Wildman–Crippen LogP) is 8.65. The summed E-state index contributed by atoms with van der Waals surface area (Å²) >= 11 is 0. The van der Waals surface area contributed by atoms with Crippen molar-refractivity contribution in [3.8, 4) is 28.0 Å². The maximum atomic E-state index is 10.9. The van der Waals surface area contributed by atoms with Crippen LogP contribution in [0.5, 0.6) is 5.75 Å². The highest BCUT2D eigenvalue weighted by molar-refractivity contribution is 5.96. The van der Waals surface area contributed by atoms with E-state index < -0.39 is 5.41 Å². The lowest BCUT2D eigenvalue weighted by atomic mass is 9.72. The molecule has 1 heterocycles. The summed E-state index contributed by atoms with van der Waals surface area (Å²) in [4.78, 5) is 0. The van der Waals surface area contributed by atoms with Crippen molar-refractivity contribution in [2.75, 3.05) is 0 Å². The smallest absolute Gasteiger partial charge is 0.120 e. The summed E-state index contributed by atoms with van der Waals surface area (Å²) in [5.74, 6) is 0.305. The number of aromatic amines is 1. The summed E-state index contributed by atoms with van der Waals surface area (Å²) in [6, 6.07) is 39.8. The number of hydrogen-bond donors (Lipinski definition) is 2. The van der Waals surface area contributed by atoms with Gasteiger partial charge in [0.2, 0.25) is 0 Å². The summed E-state index contributed by atoms with van der Waals surface area (Å²) in [5, 5.41) is 22.3. The molecular weight excluding hydrogens is 490 g/mol. The Bertz CT molecular complexity index is 1820. The third-order valence-electron chi connectivity index (χ3n) is 8.33. The number of benzene rings is 5. The van der Waals surface area contributed by atoms with E-state index in [4.69, 9.17) is 0 Å². The van der Waals surface area contributed by atoms with Crippen molar-refractivity contribution in [2.45, 2.75) is 38.5 Å². The zero-order valence-corrected chi connectivity index (χ0v) is 23.3. The van der Waals surface area contributed by atoms with Crippen LogP contribution in [-0.2, 0) is 10.8 Å². The molecule has 0 unspecified atom stereocenters. The van der Waals surface area contributed by atoms with E-state index in [-0.39, 0.29) is 5.41 Å². The average Bonchev–Trinajstić information content (AvgIpc) is 3.47. The number of fused-ring (bicyclic) bond motifs is 1. The van der Waals surface area contributed by atoms with Gasteiger partial charge in [0.05, 0.1) is 5.52 Å². The number of nitrogens with zero attached hydrogens (tertiary/aromatic N) is 2. The van der Waals surface area contributed by atoms with E-state index in [2.05, 4.69) is 122 Å². The standard InChI is InChI=1S/C36H33N3O/c1-35(2,25-13-6-5-7-14-25)26-21-24(22-27(23-26)36(3,4)31-18-10-11-20-33(31)40)28-15-8-9-16-29(28)30-17-12-19-32-34(30)38-39-37-32/h5-23,40H,1-4H3,(H,37,38,39). The molecule has 0 aliphatic heterocycles. The lowest BCUT2D eigenvalue weighted by Crippen LogP contribution is -2.23. The minimum atomic E-state index is -0.441. The fourth-order valence-electron chi connectivity index (χ4n) is 5.74. The molecule has 198 valence electrons. The highest BCUT2D eigenvalue weighted by Crippen LogP contribution is 2.43. The maximum absolute atomic E-state index is 10.9. The number of nitrogens with one attached hydrogen (secondary N) is 1. The highest BCUT2D eigenvalue weighted by atomic mass is 16.3. The Morgan fingerprint density at radius 1 is 0.575 bits per heavy atom. The molecule has 0 saturated heterocycles. The molecule has 4 nitrogen and oxygen atoms in total. The van der Waals surface area contributed by atoms with Crippen molar-refractivity contribution in [2.24, 2.45) is 0 Å². The number of H-pyrrole nitrogens is 1. The lowest BCUT2D eigenvalue weighted by Gasteiger charge is -2.32. The van der Waals surface area contributed by atoms with E-state index in [0.29, 0.717) is 5.75 Å². The van der Waals surface area contributed by atoms with Gasteiger partial charge in [-0.2, -0.15) is 0 Å². The van der Waals surface area contributed by atoms with Crippen LogP contribution in [0.3, 0.4) is 0 Å². The molecular formula is C36H33N3O. The minimum absolute atomic E-state index is 0.248. The van der Waals surface area contributed by atoms with E-state index in [0.717, 1.165) is 44.4 Å². The van der Waals surface area contributed by atoms with Crippen LogP contribution in [0.4, 0.5) is 0 Å². The van der Waals surface area contributed by atoms with Gasteiger partial charge in [-0.25, -0.2) is 0 Å². The maximum Gasteiger partial charge on any atom is 0.120 e. The topological polar surface area (TPSA) is 61.8 Å². The molecule has 6 aromatic rings. The normalized spacial score (nSPS) is 12.1. The number of aromatic hydroxyl groups is 1. The third-order valence-corrected chi connectivity index (χ3v) is 8.33. The Kier molecular flexibility index (Phi) is 6.26. The quantitative estimate of drug-likeness (QED) is 0.230. The Balaban J connectivity index is 1.61. The van der Waals surface area contributed by atoms with Crippen LogP contribution < -0.4 is 0 Å². The lowest BCUT2D eigenvalue weighted by molar-refractivity contribution is 0.453. The molecule has 0 aliphatic carbocycles. The molecule has 1 aromatic heterocycles. The molecule has 0 spiro atoms. The first-order valence-corrected chi connectivity index (χ1v) is 13.7. The Morgan fingerprint density at radius 2 is 1.20 bits per heavy atom. The second-order valence-corrected chi connectivity index (χ2v) is 11.5. The van der Waals surface area contributed by atoms with E-state index in [9.17, 15) is 5.11 Å². The predicted molar refractivity (Wildman–Crippen MR) is 164 cm³/mol. The molecule has 5 aromatic carbocycles. The third kappa shape index (κ3) is 4.36. The van der Waals surface area contributed by atoms with Crippen molar-refractivity contribution in [3.05, 3.63) is 138 Å². The molecule has 6 rings (SSSR count). The van der Waals surface area contributed by atoms with Crippen molar-refractivity contribution in [1.82, 2.24) is 15.4 Å². The number of hydrogen-bond acceptors (Lipinski definition) is 3. The van der Waals surface area contributed by atoms with E-state index in [1.807, 2.05) is 30.3 Å². The summed E-state index contributed by atoms with van der Waals surface area (Å²) in [6.07, 6.45) is 0. The summed E-state index contributed by atoms with van der Waals surface area (Å²) in [7, 11) is 0. The second kappa shape index (κ2) is 9.80. The van der Waals surface area contributed by atoms with Crippen molar-refractivity contribution in [1.29, 1.82) is 0 Å². The Morgan fingerprint density at radius 3 is 1.95 bits per heavy atom. The van der Waals surface area contributed by atoms with Gasteiger partial charge in [0.1, 0.15) is 11.3 Å². The van der Waals surface area contributed by atoms with Gasteiger partial charge in [-0.15, -0.1) is 5.10 Å². The second-order valence-electron chi connectivity index (χ2n) is 11.5. The number of rotatable bonds is 6. The Hall–Kier alpha value is -4.70. The zero-order chi connectivity index (χ0) is 27.9. The summed E-state index contributed by atoms with van der Waals surface area (Å²) in [5.41, 5.74) is 9.96. The monoisotopic (exact) mass is 523 g/mol. The molecule has 2 N–H and O–H groups in total. The van der Waals surface area contributed by atoms with Crippen LogP contribution in [0.15, 0.2) is 115 Å². The highest BCUT2D eigenvalue weighted by Gasteiger charge is 2.30. The van der Waals surface area contributed by atoms with Gasteiger partial charge in [-0.05, 0) is 45.5 Å². The van der Waals surface area contributed by atoms with Crippen LogP contribution in [-0.4, -0.2) is 20.5 Å². The van der Waals surface area contributed by atoms with Gasteiger partial charge < -0.3 is 5.11 Å². The van der Waals surface area contributed by atoms with Crippen LogP contribution in [0.1, 0.15) is 49.9 Å². The van der Waals surface area contributed by atoms with Gasteiger partial charge in [0.15, 0.2) is 0 Å². The first kappa shape index (κ1) is 25.6. The fraction of sp³-hybridized carbons (Fsp3) is 0.167. The van der Waals surface area contributed by atoms with Gasteiger partial charge in [-0.3, -0.25) is 5.10 Å². The van der Waals surface area contributed by atoms with Crippen LogP contribution in [0, 0.1) is 0 Å². The SMILES string of the molecule is CC(C)(c1ccccc1)c1cc(-c2ccccc2-c2cccc3[nH]nnc23)cc(C(C)(C)c2ccccc2O)c1. The first-order chi connectivity index (χ1) is 19.3. The van der Waals surface area contributed by atoms with Crippen LogP contribution in [0.25, 0.3) is 33.3 Å². The number of aromatic nitrogens is 3. The first-order valence-electron chi connectivity index (χ1n) is 13.7. The van der Waals surface area contributed by atoms with Crippen LogP contribution >= 0.6 is 0 Å². The largest absolute Gasteiger partial charge is 0.508 e. The van der Waals surface area contributed by atoms with Gasteiger partial charge in [0.25, 0.3) is 0 Å². The van der Waals surface area contributed by atoms with Gasteiger partial charge in [-0.1, -0.05) is 136 Å². The fourth-order valence-corrected chi connectivity index (χ4v) is 5.74. The average molecular weight is 524 g/mol. The molecule has 0 bridgehead atoms. The van der Waals surface area contributed by atoms with Crippen molar-refractivity contribution < 1.29 is 5.11 Å². The number of phenolic OH excluding ortho intramolecular Hbond substituents is 1. The molecule has 0 saturated carbocycles. The summed E-state index contributed by atoms with van der Waals surface area (Å²) < 4.78 is 0. The summed E-state index contributed by atoms with van der Waals surface area (Å²) in [6.45, 7) is 8.92. The van der Waals surface area contributed by atoms with E-state index >= 15 is 0 Å². The molecule has 0 amide bonds. The van der Waals surface area contributed by atoms with E-state index in [1.165, 1.54) is 11.1 Å². The van der Waals surface area contributed by atoms with Crippen molar-refractivity contribution in [3.63, 3.8) is 0 Å². The molecule has 0 aliphatic rings. The number of para-hydroxylation sites is 1. The minimum Gasteiger partial charge on any atom is -0.508 e.